The third-order valence-corrected chi connectivity index (χ3v) is 3.14. The number of nitrogens with one attached hydrogen (secondary N) is 1. The van der Waals surface area contributed by atoms with E-state index in [0.29, 0.717) is 6.04 Å². The van der Waals surface area contributed by atoms with Gasteiger partial charge >= 0.3 is 0 Å². The van der Waals surface area contributed by atoms with E-state index in [1.807, 2.05) is 18.5 Å². The maximum absolute atomic E-state index is 4.08. The average Bonchev–Trinajstić information content (AvgIpc) is 2.74. The third-order valence-electron chi connectivity index (χ3n) is 2.44. The topological polar surface area (TPSA) is 24.9 Å². The highest BCUT2D eigenvalue weighted by atomic mass is 32.1. The summed E-state index contributed by atoms with van der Waals surface area (Å²) in [6, 6.07) is 4.51. The monoisotopic (exact) mass is 218 g/mol. The van der Waals surface area contributed by atoms with E-state index < -0.39 is 0 Å². The van der Waals surface area contributed by atoms with Crippen LogP contribution in [0.1, 0.15) is 24.1 Å². The molecular weight excluding hydrogens is 204 g/mol. The Labute approximate surface area is 94.0 Å². The number of nitrogens with zero attached hydrogens (tertiary/aromatic N) is 1. The number of anilines is 1. The molecule has 2 aromatic rings. The third kappa shape index (κ3) is 2.36. The minimum atomic E-state index is 0.345. The zero-order chi connectivity index (χ0) is 10.7. The van der Waals surface area contributed by atoms with Crippen molar-refractivity contribution >= 4 is 17.0 Å². The van der Waals surface area contributed by atoms with Gasteiger partial charge in [-0.3, -0.25) is 4.98 Å². The lowest BCUT2D eigenvalue weighted by atomic mass is 10.1. The van der Waals surface area contributed by atoms with Crippen molar-refractivity contribution in [3.8, 4) is 0 Å². The van der Waals surface area contributed by atoms with E-state index in [2.05, 4.69) is 41.0 Å². The lowest BCUT2D eigenvalue weighted by Gasteiger charge is -2.15. The minimum Gasteiger partial charge on any atom is -0.378 e. The van der Waals surface area contributed by atoms with E-state index in [1.165, 1.54) is 11.1 Å². The van der Waals surface area contributed by atoms with Crippen molar-refractivity contribution in [2.24, 2.45) is 0 Å². The summed E-state index contributed by atoms with van der Waals surface area (Å²) in [5.74, 6) is 0. The highest BCUT2D eigenvalue weighted by molar-refractivity contribution is 7.07. The molecule has 2 heterocycles. The Morgan fingerprint density at radius 1 is 1.40 bits per heavy atom. The Bertz CT molecular complexity index is 423. The maximum atomic E-state index is 4.08. The molecule has 0 fully saturated rings. The van der Waals surface area contributed by atoms with E-state index in [1.54, 1.807) is 11.3 Å². The van der Waals surface area contributed by atoms with Crippen LogP contribution in [0, 0.1) is 6.92 Å². The van der Waals surface area contributed by atoms with Gasteiger partial charge in [-0.15, -0.1) is 0 Å². The van der Waals surface area contributed by atoms with Crippen molar-refractivity contribution in [3.63, 3.8) is 0 Å². The molecule has 15 heavy (non-hydrogen) atoms. The van der Waals surface area contributed by atoms with Gasteiger partial charge in [0.15, 0.2) is 0 Å². The number of hydrogen-bond acceptors (Lipinski definition) is 3. The van der Waals surface area contributed by atoms with Gasteiger partial charge in [-0.2, -0.15) is 11.3 Å². The Morgan fingerprint density at radius 2 is 2.27 bits per heavy atom. The summed E-state index contributed by atoms with van der Waals surface area (Å²) >= 11 is 1.73. The van der Waals surface area contributed by atoms with Gasteiger partial charge in [0.25, 0.3) is 0 Å². The molecule has 0 amide bonds. The number of aryl methyl sites for hydroxylation is 1. The summed E-state index contributed by atoms with van der Waals surface area (Å²) < 4.78 is 0. The Balaban J connectivity index is 2.13. The Hall–Kier alpha value is -1.35. The van der Waals surface area contributed by atoms with Crippen molar-refractivity contribution in [2.75, 3.05) is 5.32 Å². The van der Waals surface area contributed by atoms with Gasteiger partial charge in [0, 0.05) is 24.1 Å². The molecule has 1 unspecified atom stereocenters. The van der Waals surface area contributed by atoms with Crippen molar-refractivity contribution in [2.45, 2.75) is 19.9 Å². The van der Waals surface area contributed by atoms with Crippen LogP contribution in [0.3, 0.4) is 0 Å². The lowest BCUT2D eigenvalue weighted by molar-refractivity contribution is 0.887. The van der Waals surface area contributed by atoms with E-state index in [9.17, 15) is 0 Å². The quantitative estimate of drug-likeness (QED) is 0.851. The van der Waals surface area contributed by atoms with Crippen LogP contribution in [0.5, 0.6) is 0 Å². The van der Waals surface area contributed by atoms with E-state index in [4.69, 9.17) is 0 Å². The van der Waals surface area contributed by atoms with Crippen molar-refractivity contribution in [1.82, 2.24) is 4.98 Å². The molecule has 0 aromatic carbocycles. The fraction of sp³-hybridized carbons (Fsp3) is 0.250. The second-order valence-corrected chi connectivity index (χ2v) is 4.39. The molecule has 2 rings (SSSR count). The van der Waals surface area contributed by atoms with E-state index >= 15 is 0 Å². The van der Waals surface area contributed by atoms with Gasteiger partial charge in [-0.25, -0.2) is 0 Å². The number of pyridine rings is 1. The minimum absolute atomic E-state index is 0.345. The highest BCUT2D eigenvalue weighted by Gasteiger charge is 2.06. The molecule has 0 aliphatic carbocycles. The van der Waals surface area contributed by atoms with Gasteiger partial charge in [0.1, 0.15) is 0 Å². The molecule has 1 N–H and O–H groups in total. The molecule has 0 saturated carbocycles. The number of thiophene rings is 1. The van der Waals surface area contributed by atoms with Gasteiger partial charge < -0.3 is 5.32 Å². The van der Waals surface area contributed by atoms with Crippen LogP contribution < -0.4 is 5.32 Å². The largest absolute Gasteiger partial charge is 0.378 e. The first-order chi connectivity index (χ1) is 7.27. The zero-order valence-electron chi connectivity index (χ0n) is 8.90. The molecule has 0 aliphatic heterocycles. The second-order valence-electron chi connectivity index (χ2n) is 3.61. The van der Waals surface area contributed by atoms with Crippen LogP contribution in [-0.2, 0) is 0 Å². The average molecular weight is 218 g/mol. The van der Waals surface area contributed by atoms with E-state index in [0.717, 1.165) is 5.69 Å². The first kappa shape index (κ1) is 10.2. The molecule has 0 bridgehead atoms. The van der Waals surface area contributed by atoms with Crippen LogP contribution >= 0.6 is 11.3 Å². The first-order valence-corrected chi connectivity index (χ1v) is 5.91. The van der Waals surface area contributed by atoms with Crippen molar-refractivity contribution < 1.29 is 0 Å². The highest BCUT2D eigenvalue weighted by Crippen LogP contribution is 2.22. The molecule has 0 radical (unpaired) electrons. The van der Waals surface area contributed by atoms with Gasteiger partial charge in [-0.05, 0) is 47.9 Å². The predicted octanol–water partition coefficient (Wildman–Crippen LogP) is 3.62. The summed E-state index contributed by atoms with van der Waals surface area (Å²) in [6.07, 6.45) is 3.69. The SMILES string of the molecule is Cc1cnccc1NC(C)c1ccsc1. The Kier molecular flexibility index (Phi) is 3.02. The molecule has 2 nitrogen and oxygen atoms in total. The standard InChI is InChI=1S/C12H14N2S/c1-9-7-13-5-3-12(9)14-10(2)11-4-6-15-8-11/h3-8,10H,1-2H3,(H,13,14). The molecular formula is C12H14N2S. The zero-order valence-corrected chi connectivity index (χ0v) is 9.71. The van der Waals surface area contributed by atoms with E-state index in [-0.39, 0.29) is 0 Å². The summed E-state index contributed by atoms with van der Waals surface area (Å²) in [5, 5.41) is 7.76. The van der Waals surface area contributed by atoms with Crippen LogP contribution in [0.2, 0.25) is 0 Å². The van der Waals surface area contributed by atoms with Crippen LogP contribution in [-0.4, -0.2) is 4.98 Å². The molecule has 3 heteroatoms. The van der Waals surface area contributed by atoms with Gasteiger partial charge in [0.2, 0.25) is 0 Å². The maximum Gasteiger partial charge on any atom is 0.0493 e. The normalized spacial score (nSPS) is 12.4. The molecule has 0 saturated heterocycles. The lowest BCUT2D eigenvalue weighted by Crippen LogP contribution is -2.06. The van der Waals surface area contributed by atoms with Crippen LogP contribution in [0.4, 0.5) is 5.69 Å². The van der Waals surface area contributed by atoms with Crippen LogP contribution in [0.25, 0.3) is 0 Å². The summed E-state index contributed by atoms with van der Waals surface area (Å²) in [4.78, 5) is 4.08. The molecule has 0 spiro atoms. The summed E-state index contributed by atoms with van der Waals surface area (Å²) in [6.45, 7) is 4.23. The molecule has 2 aromatic heterocycles. The van der Waals surface area contributed by atoms with Crippen molar-refractivity contribution in [1.29, 1.82) is 0 Å². The summed E-state index contributed by atoms with van der Waals surface area (Å²) in [7, 11) is 0. The van der Waals surface area contributed by atoms with Gasteiger partial charge in [-0.1, -0.05) is 0 Å². The second kappa shape index (κ2) is 4.45. The number of rotatable bonds is 3. The fourth-order valence-corrected chi connectivity index (χ4v) is 2.23. The smallest absolute Gasteiger partial charge is 0.0493 e. The van der Waals surface area contributed by atoms with Gasteiger partial charge in [0.05, 0.1) is 0 Å². The van der Waals surface area contributed by atoms with Crippen LogP contribution in [0.15, 0.2) is 35.3 Å². The summed E-state index contributed by atoms with van der Waals surface area (Å²) in [5.41, 5.74) is 3.67. The van der Waals surface area contributed by atoms with Crippen molar-refractivity contribution in [3.05, 3.63) is 46.4 Å². The molecule has 78 valence electrons. The fourth-order valence-electron chi connectivity index (χ4n) is 1.47. The Morgan fingerprint density at radius 3 is 2.93 bits per heavy atom. The number of hydrogen-bond donors (Lipinski definition) is 1. The molecule has 0 aliphatic rings. The predicted molar refractivity (Wildman–Crippen MR) is 65.3 cm³/mol. The first-order valence-electron chi connectivity index (χ1n) is 4.96. The number of aromatic nitrogens is 1. The molecule has 1 atom stereocenters.